The molecule has 3 rings (SSSR count). The van der Waals surface area contributed by atoms with Crippen molar-refractivity contribution >= 4 is 28.4 Å². The van der Waals surface area contributed by atoms with Crippen molar-refractivity contribution in [1.82, 2.24) is 9.38 Å². The van der Waals surface area contributed by atoms with Crippen LogP contribution in [0.5, 0.6) is 0 Å². The molecule has 0 aromatic carbocycles. The lowest BCUT2D eigenvalue weighted by Crippen LogP contribution is -2.18. The van der Waals surface area contributed by atoms with Gasteiger partial charge >= 0.3 is 0 Å². The lowest BCUT2D eigenvalue weighted by molar-refractivity contribution is 0.111. The second kappa shape index (κ2) is 4.30. The molecule has 3 aromatic rings. The van der Waals surface area contributed by atoms with Gasteiger partial charge in [-0.05, 0) is 6.07 Å². The van der Waals surface area contributed by atoms with Crippen LogP contribution in [-0.4, -0.2) is 22.7 Å². The zero-order chi connectivity index (χ0) is 12.5. The molecule has 0 aliphatic heterocycles. The lowest BCUT2D eigenvalue weighted by Gasteiger charge is -2.15. The molecule has 0 radical (unpaired) electrons. The number of thiazole rings is 1. The molecule has 0 amide bonds. The number of carbonyl (C=O) groups excluding carboxylic acids is 1. The van der Waals surface area contributed by atoms with Crippen molar-refractivity contribution in [3.05, 3.63) is 41.4 Å². The van der Waals surface area contributed by atoms with Crippen LogP contribution < -0.4 is 4.90 Å². The molecule has 0 aliphatic carbocycles. The maximum absolute atomic E-state index is 11.2. The number of aldehydes is 1. The van der Waals surface area contributed by atoms with Crippen LogP contribution in [0.3, 0.4) is 0 Å². The van der Waals surface area contributed by atoms with Gasteiger partial charge in [-0.2, -0.15) is 0 Å². The molecule has 0 unspecified atom stereocenters. The van der Waals surface area contributed by atoms with E-state index in [2.05, 4.69) is 4.98 Å². The molecular weight excluding hydrogens is 250 g/mol. The van der Waals surface area contributed by atoms with Crippen LogP contribution in [0.2, 0.25) is 0 Å². The summed E-state index contributed by atoms with van der Waals surface area (Å²) in [7, 11) is 1.91. The van der Waals surface area contributed by atoms with Crippen LogP contribution in [-0.2, 0) is 6.54 Å². The van der Waals surface area contributed by atoms with Gasteiger partial charge in [-0.15, -0.1) is 11.3 Å². The number of imidazole rings is 1. The van der Waals surface area contributed by atoms with Gasteiger partial charge in [0.2, 0.25) is 0 Å². The summed E-state index contributed by atoms with van der Waals surface area (Å²) in [5.74, 6) is 0.693. The van der Waals surface area contributed by atoms with E-state index in [1.54, 1.807) is 16.9 Å². The van der Waals surface area contributed by atoms with Gasteiger partial charge in [-0.1, -0.05) is 0 Å². The fourth-order valence-corrected chi connectivity index (χ4v) is 2.63. The van der Waals surface area contributed by atoms with Crippen molar-refractivity contribution in [2.45, 2.75) is 6.54 Å². The van der Waals surface area contributed by atoms with Gasteiger partial charge in [0, 0.05) is 30.7 Å². The molecule has 0 bridgehead atoms. The molecule has 3 aromatic heterocycles. The Morgan fingerprint density at radius 1 is 1.61 bits per heavy atom. The van der Waals surface area contributed by atoms with E-state index in [0.717, 1.165) is 16.8 Å². The molecule has 0 saturated heterocycles. The Balaban J connectivity index is 1.97. The van der Waals surface area contributed by atoms with Gasteiger partial charge in [0.15, 0.2) is 17.1 Å². The van der Waals surface area contributed by atoms with Crippen molar-refractivity contribution < 1.29 is 9.21 Å². The van der Waals surface area contributed by atoms with E-state index < -0.39 is 0 Å². The molecule has 0 spiro atoms. The molecular formula is C12H11N3O2S. The number of rotatable bonds is 4. The molecule has 0 saturated carbocycles. The van der Waals surface area contributed by atoms with Crippen LogP contribution in [0.1, 0.15) is 16.1 Å². The monoisotopic (exact) mass is 261 g/mol. The first kappa shape index (κ1) is 11.0. The number of fused-ring (bicyclic) bond motifs is 1. The maximum atomic E-state index is 11.2. The molecule has 0 fully saturated rings. The van der Waals surface area contributed by atoms with Gasteiger partial charge in [0.1, 0.15) is 5.69 Å². The highest BCUT2D eigenvalue weighted by Crippen LogP contribution is 2.23. The smallest absolute Gasteiger partial charge is 0.196 e. The second-order valence-electron chi connectivity index (χ2n) is 3.98. The first-order valence-electron chi connectivity index (χ1n) is 5.42. The summed E-state index contributed by atoms with van der Waals surface area (Å²) in [6, 6.07) is 1.90. The third-order valence-electron chi connectivity index (χ3n) is 2.75. The van der Waals surface area contributed by atoms with E-state index in [4.69, 9.17) is 4.42 Å². The zero-order valence-corrected chi connectivity index (χ0v) is 10.6. The number of hydrogen-bond acceptors (Lipinski definition) is 5. The predicted molar refractivity (Wildman–Crippen MR) is 69.3 cm³/mol. The van der Waals surface area contributed by atoms with Crippen LogP contribution in [0.25, 0.3) is 4.96 Å². The minimum atomic E-state index is 0.581. The standard InChI is InChI=1S/C12H11N3O2S/c1-14(6-9-2-4-17-8-9)11-10(7-16)15-3-5-18-12(15)13-11/h2-5,7-8H,6H2,1H3. The summed E-state index contributed by atoms with van der Waals surface area (Å²) in [5, 5.41) is 1.91. The Morgan fingerprint density at radius 3 is 3.22 bits per heavy atom. The SMILES string of the molecule is CN(Cc1ccoc1)c1nc2sccn2c1C=O. The normalized spacial score (nSPS) is 10.9. The van der Waals surface area contributed by atoms with Crippen molar-refractivity contribution in [3.8, 4) is 0 Å². The van der Waals surface area contributed by atoms with Crippen molar-refractivity contribution in [2.24, 2.45) is 0 Å². The maximum Gasteiger partial charge on any atom is 0.196 e. The van der Waals surface area contributed by atoms with Gasteiger partial charge in [0.05, 0.1) is 12.5 Å². The zero-order valence-electron chi connectivity index (χ0n) is 9.74. The lowest BCUT2D eigenvalue weighted by atomic mass is 10.3. The summed E-state index contributed by atoms with van der Waals surface area (Å²) in [6.07, 6.45) is 6.02. The third kappa shape index (κ3) is 1.70. The molecule has 0 aliphatic rings. The average molecular weight is 261 g/mol. The third-order valence-corrected chi connectivity index (χ3v) is 3.51. The molecule has 3 heterocycles. The first-order chi connectivity index (χ1) is 8.79. The largest absolute Gasteiger partial charge is 0.472 e. The molecule has 5 nitrogen and oxygen atoms in total. The molecule has 6 heteroatoms. The van der Waals surface area contributed by atoms with Gasteiger partial charge in [-0.25, -0.2) is 4.98 Å². The summed E-state index contributed by atoms with van der Waals surface area (Å²) in [6.45, 7) is 0.655. The highest BCUT2D eigenvalue weighted by atomic mass is 32.1. The molecule has 0 atom stereocenters. The molecule has 18 heavy (non-hydrogen) atoms. The van der Waals surface area contributed by atoms with Crippen LogP contribution in [0, 0.1) is 0 Å². The van der Waals surface area contributed by atoms with E-state index in [1.807, 2.05) is 29.6 Å². The fourth-order valence-electron chi connectivity index (χ4n) is 1.91. The number of furan rings is 1. The predicted octanol–water partition coefficient (Wildman–Crippen LogP) is 2.44. The average Bonchev–Trinajstić information content (AvgIpc) is 3.03. The van der Waals surface area contributed by atoms with E-state index >= 15 is 0 Å². The van der Waals surface area contributed by atoms with E-state index in [0.29, 0.717) is 18.1 Å². The number of nitrogens with zero attached hydrogens (tertiary/aromatic N) is 3. The van der Waals surface area contributed by atoms with Crippen LogP contribution in [0.15, 0.2) is 34.6 Å². The summed E-state index contributed by atoms with van der Waals surface area (Å²) in [5.41, 5.74) is 1.63. The Bertz CT molecular complexity index is 669. The summed E-state index contributed by atoms with van der Waals surface area (Å²) >= 11 is 1.51. The number of anilines is 1. The van der Waals surface area contributed by atoms with E-state index in [1.165, 1.54) is 11.3 Å². The van der Waals surface area contributed by atoms with E-state index in [-0.39, 0.29) is 0 Å². The second-order valence-corrected chi connectivity index (χ2v) is 4.85. The Hall–Kier alpha value is -2.08. The van der Waals surface area contributed by atoms with Crippen molar-refractivity contribution in [3.63, 3.8) is 0 Å². The van der Waals surface area contributed by atoms with Gasteiger partial charge in [0.25, 0.3) is 0 Å². The Labute approximate surface area is 107 Å². The van der Waals surface area contributed by atoms with Crippen LogP contribution in [0.4, 0.5) is 5.82 Å². The van der Waals surface area contributed by atoms with Crippen LogP contribution >= 0.6 is 11.3 Å². The number of carbonyl (C=O) groups is 1. The summed E-state index contributed by atoms with van der Waals surface area (Å²) in [4.78, 5) is 18.4. The topological polar surface area (TPSA) is 50.8 Å². The highest BCUT2D eigenvalue weighted by molar-refractivity contribution is 7.15. The fraction of sp³-hybridized carbons (Fsp3) is 0.167. The Kier molecular flexibility index (Phi) is 2.64. The quantitative estimate of drug-likeness (QED) is 0.677. The number of hydrogen-bond donors (Lipinski definition) is 0. The van der Waals surface area contributed by atoms with E-state index in [9.17, 15) is 4.79 Å². The van der Waals surface area contributed by atoms with Crippen molar-refractivity contribution in [2.75, 3.05) is 11.9 Å². The first-order valence-corrected chi connectivity index (χ1v) is 6.30. The van der Waals surface area contributed by atoms with Crippen molar-refractivity contribution in [1.29, 1.82) is 0 Å². The van der Waals surface area contributed by atoms with Gasteiger partial charge in [-0.3, -0.25) is 9.20 Å². The molecule has 0 N–H and O–H groups in total. The highest BCUT2D eigenvalue weighted by Gasteiger charge is 2.16. The Morgan fingerprint density at radius 2 is 2.50 bits per heavy atom. The minimum absolute atomic E-state index is 0.581. The number of aromatic nitrogens is 2. The summed E-state index contributed by atoms with van der Waals surface area (Å²) < 4.78 is 6.84. The minimum Gasteiger partial charge on any atom is -0.472 e. The van der Waals surface area contributed by atoms with Gasteiger partial charge < -0.3 is 9.32 Å². The molecule has 92 valence electrons.